The zero-order chi connectivity index (χ0) is 26.1. The van der Waals surface area contributed by atoms with Gasteiger partial charge in [0.1, 0.15) is 5.82 Å². The molecule has 1 unspecified atom stereocenters. The molecule has 37 heavy (non-hydrogen) atoms. The number of rotatable bonds is 4. The fourth-order valence-corrected chi connectivity index (χ4v) is 5.79. The number of imidazole rings is 1. The number of benzene rings is 2. The van der Waals surface area contributed by atoms with E-state index >= 15 is 0 Å². The molecule has 0 saturated carbocycles. The number of aromatic nitrogens is 2. The van der Waals surface area contributed by atoms with Gasteiger partial charge >= 0.3 is 0 Å². The molecule has 2 amide bonds. The minimum Gasteiger partial charge on any atom is -0.359 e. The zero-order valence-electron chi connectivity index (χ0n) is 21.7. The molecular formula is C30H33N5O2. The van der Waals surface area contributed by atoms with Crippen molar-refractivity contribution in [3.05, 3.63) is 75.6 Å². The van der Waals surface area contributed by atoms with Gasteiger partial charge in [0.25, 0.3) is 5.91 Å². The van der Waals surface area contributed by atoms with Crippen LogP contribution in [0.25, 0.3) is 11.4 Å². The number of aryl methyl sites for hydroxylation is 3. The Morgan fingerprint density at radius 2 is 1.81 bits per heavy atom. The van der Waals surface area contributed by atoms with E-state index in [2.05, 4.69) is 29.4 Å². The number of piperidine rings is 1. The number of nitrogens with one attached hydrogen (secondary N) is 2. The van der Waals surface area contributed by atoms with Crippen molar-refractivity contribution in [3.63, 3.8) is 0 Å². The summed E-state index contributed by atoms with van der Waals surface area (Å²) in [5.74, 6) is 1.28. The molecule has 7 nitrogen and oxygen atoms in total. The Kier molecular flexibility index (Phi) is 6.84. The molecular weight excluding hydrogens is 462 g/mol. The number of aromatic amines is 1. The van der Waals surface area contributed by atoms with Gasteiger partial charge in [-0.2, -0.15) is 5.26 Å². The highest BCUT2D eigenvalue weighted by molar-refractivity contribution is 5.97. The van der Waals surface area contributed by atoms with Crippen LogP contribution in [0.3, 0.4) is 0 Å². The lowest BCUT2D eigenvalue weighted by molar-refractivity contribution is -0.124. The third-order valence-corrected chi connectivity index (χ3v) is 8.01. The van der Waals surface area contributed by atoms with Crippen LogP contribution in [0.15, 0.2) is 36.4 Å². The van der Waals surface area contributed by atoms with Crippen LogP contribution in [0.1, 0.15) is 69.2 Å². The maximum Gasteiger partial charge on any atom is 0.254 e. The predicted molar refractivity (Wildman–Crippen MR) is 142 cm³/mol. The van der Waals surface area contributed by atoms with Crippen LogP contribution >= 0.6 is 0 Å². The summed E-state index contributed by atoms with van der Waals surface area (Å²) in [5.41, 5.74) is 7.65. The normalized spacial score (nSPS) is 17.7. The Hall–Kier alpha value is -3.92. The molecule has 1 aliphatic carbocycles. The Morgan fingerprint density at radius 1 is 1.08 bits per heavy atom. The average Bonchev–Trinajstić information content (AvgIpc) is 3.35. The van der Waals surface area contributed by atoms with Crippen molar-refractivity contribution in [1.82, 2.24) is 20.2 Å². The van der Waals surface area contributed by atoms with E-state index in [0.717, 1.165) is 65.1 Å². The molecule has 7 heteroatoms. The molecule has 2 aromatic carbocycles. The summed E-state index contributed by atoms with van der Waals surface area (Å²) < 4.78 is 0. The van der Waals surface area contributed by atoms with E-state index in [9.17, 15) is 9.59 Å². The molecule has 2 N–H and O–H groups in total. The highest BCUT2D eigenvalue weighted by Gasteiger charge is 2.29. The van der Waals surface area contributed by atoms with Gasteiger partial charge in [-0.15, -0.1) is 0 Å². The van der Waals surface area contributed by atoms with Crippen LogP contribution in [0.5, 0.6) is 0 Å². The number of fused-ring (bicyclic) bond motifs is 1. The van der Waals surface area contributed by atoms with E-state index in [1.165, 1.54) is 5.56 Å². The first-order valence-corrected chi connectivity index (χ1v) is 13.1. The number of nitriles is 1. The Bertz CT molecular complexity index is 1370. The second-order valence-electron chi connectivity index (χ2n) is 10.3. The highest BCUT2D eigenvalue weighted by atomic mass is 16.2. The van der Waals surface area contributed by atoms with Gasteiger partial charge in [-0.3, -0.25) is 9.59 Å². The number of carbonyl (C=O) groups excluding carboxylic acids is 2. The van der Waals surface area contributed by atoms with Gasteiger partial charge in [-0.25, -0.2) is 4.98 Å². The van der Waals surface area contributed by atoms with Crippen molar-refractivity contribution in [2.24, 2.45) is 5.92 Å². The first-order chi connectivity index (χ1) is 17.9. The summed E-state index contributed by atoms with van der Waals surface area (Å²) in [4.78, 5) is 36.0. The molecule has 1 fully saturated rings. The van der Waals surface area contributed by atoms with Gasteiger partial charge in [-0.05, 0) is 80.3 Å². The van der Waals surface area contributed by atoms with Crippen molar-refractivity contribution < 1.29 is 9.59 Å². The van der Waals surface area contributed by atoms with E-state index in [1.807, 2.05) is 42.2 Å². The number of H-pyrrole nitrogens is 1. The van der Waals surface area contributed by atoms with Crippen molar-refractivity contribution >= 4 is 11.8 Å². The first-order valence-electron chi connectivity index (χ1n) is 13.1. The van der Waals surface area contributed by atoms with Crippen LogP contribution in [0, 0.1) is 31.1 Å². The number of carbonyl (C=O) groups is 2. The summed E-state index contributed by atoms with van der Waals surface area (Å²) in [6.45, 7) is 5.47. The molecule has 3 aromatic rings. The second kappa shape index (κ2) is 10.2. The minimum absolute atomic E-state index is 0.0331. The van der Waals surface area contributed by atoms with Gasteiger partial charge in [-0.1, -0.05) is 18.2 Å². The van der Waals surface area contributed by atoms with Gasteiger partial charge < -0.3 is 15.2 Å². The Balaban J connectivity index is 1.33. The first kappa shape index (κ1) is 24.8. The van der Waals surface area contributed by atoms with Crippen LogP contribution in [0.4, 0.5) is 0 Å². The van der Waals surface area contributed by atoms with Crippen molar-refractivity contribution in [3.8, 4) is 17.5 Å². The standard InChI is InChI=1S/C30H33N5O2/c1-18-14-19(2)25(16-24(18)28-33-26-9-8-23(29(36)32-3)15-27(26)34-28)30(37)35-12-10-22(11-13-35)21-6-4-20(17-31)5-7-21/h4-7,14,16,22-23H,8-13,15H2,1-3H3,(H,32,36)(H,33,34). The largest absolute Gasteiger partial charge is 0.359 e. The van der Waals surface area contributed by atoms with Gasteiger partial charge in [0.05, 0.1) is 17.3 Å². The average molecular weight is 496 g/mol. The summed E-state index contributed by atoms with van der Waals surface area (Å²) in [6.07, 6.45) is 4.05. The molecule has 1 saturated heterocycles. The molecule has 0 radical (unpaired) electrons. The van der Waals surface area contributed by atoms with E-state index in [4.69, 9.17) is 10.2 Å². The number of hydrogen-bond donors (Lipinski definition) is 2. The smallest absolute Gasteiger partial charge is 0.254 e. The monoisotopic (exact) mass is 495 g/mol. The van der Waals surface area contributed by atoms with Crippen LogP contribution in [-0.4, -0.2) is 46.8 Å². The lowest BCUT2D eigenvalue weighted by atomic mass is 9.88. The number of likely N-dealkylation sites (tertiary alicyclic amines) is 1. The third-order valence-electron chi connectivity index (χ3n) is 8.01. The van der Waals surface area contributed by atoms with Crippen LogP contribution < -0.4 is 5.32 Å². The summed E-state index contributed by atoms with van der Waals surface area (Å²) in [5, 5.41) is 11.8. The van der Waals surface area contributed by atoms with Crippen LogP contribution in [-0.2, 0) is 17.6 Å². The van der Waals surface area contributed by atoms with Gasteiger partial charge in [0, 0.05) is 49.3 Å². The quantitative estimate of drug-likeness (QED) is 0.559. The molecule has 2 heterocycles. The fourth-order valence-electron chi connectivity index (χ4n) is 5.79. The maximum atomic E-state index is 13.6. The van der Waals surface area contributed by atoms with Crippen molar-refractivity contribution in [2.45, 2.75) is 51.9 Å². The topological polar surface area (TPSA) is 102 Å². The van der Waals surface area contributed by atoms with E-state index < -0.39 is 0 Å². The van der Waals surface area contributed by atoms with E-state index in [0.29, 0.717) is 31.0 Å². The van der Waals surface area contributed by atoms with Crippen LogP contribution in [0.2, 0.25) is 0 Å². The van der Waals surface area contributed by atoms with Crippen molar-refractivity contribution in [1.29, 1.82) is 5.26 Å². The van der Waals surface area contributed by atoms with Crippen molar-refractivity contribution in [2.75, 3.05) is 20.1 Å². The molecule has 0 bridgehead atoms. The molecule has 0 spiro atoms. The summed E-state index contributed by atoms with van der Waals surface area (Å²) in [6, 6.07) is 14.0. The molecule has 190 valence electrons. The number of amides is 2. The maximum absolute atomic E-state index is 13.6. The van der Waals surface area contributed by atoms with E-state index in [-0.39, 0.29) is 17.7 Å². The SMILES string of the molecule is CNC(=O)C1CCc2nc(-c3cc(C(=O)N4CCC(c5ccc(C#N)cc5)CC4)c(C)cc3C)[nH]c2C1. The Labute approximate surface area is 217 Å². The lowest BCUT2D eigenvalue weighted by Gasteiger charge is -2.32. The highest BCUT2D eigenvalue weighted by Crippen LogP contribution is 2.32. The fraction of sp³-hybridized carbons (Fsp3) is 0.400. The molecule has 2 aliphatic rings. The molecule has 1 aromatic heterocycles. The molecule has 5 rings (SSSR count). The van der Waals surface area contributed by atoms with E-state index in [1.54, 1.807) is 7.05 Å². The zero-order valence-corrected chi connectivity index (χ0v) is 21.7. The lowest BCUT2D eigenvalue weighted by Crippen LogP contribution is -2.38. The van der Waals surface area contributed by atoms with Gasteiger partial charge in [0.2, 0.25) is 5.91 Å². The summed E-state index contributed by atoms with van der Waals surface area (Å²) >= 11 is 0. The number of hydrogen-bond acceptors (Lipinski definition) is 4. The Morgan fingerprint density at radius 3 is 2.49 bits per heavy atom. The summed E-state index contributed by atoms with van der Waals surface area (Å²) in [7, 11) is 1.68. The number of nitrogens with zero attached hydrogens (tertiary/aromatic N) is 3. The second-order valence-corrected chi connectivity index (χ2v) is 10.3. The predicted octanol–water partition coefficient (Wildman–Crippen LogP) is 4.44. The minimum atomic E-state index is -0.0331. The molecule has 1 aliphatic heterocycles. The third kappa shape index (κ3) is 4.89. The van der Waals surface area contributed by atoms with Gasteiger partial charge in [0.15, 0.2) is 0 Å². The molecule has 1 atom stereocenters.